The number of benzene rings is 2. The van der Waals surface area contributed by atoms with E-state index in [9.17, 15) is 9.90 Å². The lowest BCUT2D eigenvalue weighted by Gasteiger charge is -2.12. The fourth-order valence-electron chi connectivity index (χ4n) is 2.79. The molecule has 0 fully saturated rings. The molecule has 3 aromatic rings. The molecule has 0 spiro atoms. The molecular formula is C21H27N4O6PS. The second kappa shape index (κ2) is 13.2. The van der Waals surface area contributed by atoms with Crippen LogP contribution in [0.4, 0.5) is 10.8 Å². The third kappa shape index (κ3) is 11.7. The number of carbonyl (C=O) groups is 1. The maximum absolute atomic E-state index is 12.0. The number of amides is 1. The molecule has 0 saturated heterocycles. The third-order valence-corrected chi connectivity index (χ3v) is 4.98. The van der Waals surface area contributed by atoms with Gasteiger partial charge in [-0.1, -0.05) is 42.5 Å². The number of aliphatic hydroxyl groups is 1. The highest BCUT2D eigenvalue weighted by molar-refractivity contribution is 7.45. The predicted octanol–water partition coefficient (Wildman–Crippen LogP) is 1.84. The molecule has 3 rings (SSSR count). The summed E-state index contributed by atoms with van der Waals surface area (Å²) < 4.78 is 8.88. The summed E-state index contributed by atoms with van der Waals surface area (Å²) in [6.07, 6.45) is 0.545. The lowest BCUT2D eigenvalue weighted by Crippen LogP contribution is -2.23. The molecule has 1 amide bonds. The van der Waals surface area contributed by atoms with Crippen molar-refractivity contribution in [3.63, 3.8) is 0 Å². The van der Waals surface area contributed by atoms with E-state index in [1.54, 1.807) is 5.38 Å². The summed E-state index contributed by atoms with van der Waals surface area (Å²) in [6, 6.07) is 17.4. The standard InChI is InChI=1S/C21H24N4O2S.H3O4P/c22-21-25-18(14-28-21)12-20(27)24-17-8-6-15(7-9-17)10-11-23-13-19(26)16-4-2-1-3-5-16;1-5(2,3)4/h1-9,14,19,23,26H,10-13H2,(H2,22,25)(H,24,27);(H3,1,2,3,4)/t19-;/m0./s1. The first kappa shape index (κ1) is 26.6. The van der Waals surface area contributed by atoms with Crippen molar-refractivity contribution in [2.24, 2.45) is 0 Å². The van der Waals surface area contributed by atoms with Crippen molar-refractivity contribution in [2.45, 2.75) is 18.9 Å². The molecule has 10 nitrogen and oxygen atoms in total. The van der Waals surface area contributed by atoms with E-state index >= 15 is 0 Å². The molecule has 12 heteroatoms. The third-order valence-electron chi connectivity index (χ3n) is 4.26. The fourth-order valence-corrected chi connectivity index (χ4v) is 3.36. The molecule has 178 valence electrons. The summed E-state index contributed by atoms with van der Waals surface area (Å²) in [5.74, 6) is -0.116. The van der Waals surface area contributed by atoms with E-state index in [2.05, 4.69) is 15.6 Å². The van der Waals surface area contributed by atoms with Crippen LogP contribution in [0.2, 0.25) is 0 Å². The predicted molar refractivity (Wildman–Crippen MR) is 128 cm³/mol. The van der Waals surface area contributed by atoms with Crippen LogP contribution in [0.5, 0.6) is 0 Å². The number of hydrogen-bond donors (Lipinski definition) is 7. The van der Waals surface area contributed by atoms with Gasteiger partial charge in [0.1, 0.15) is 0 Å². The monoisotopic (exact) mass is 494 g/mol. The van der Waals surface area contributed by atoms with Gasteiger partial charge in [-0.2, -0.15) is 0 Å². The van der Waals surface area contributed by atoms with Gasteiger partial charge in [0.15, 0.2) is 5.13 Å². The van der Waals surface area contributed by atoms with Crippen LogP contribution in [0.3, 0.4) is 0 Å². The summed E-state index contributed by atoms with van der Waals surface area (Å²) in [6.45, 7) is 1.28. The molecule has 0 aliphatic rings. The van der Waals surface area contributed by atoms with Crippen LogP contribution in [0.15, 0.2) is 60.0 Å². The van der Waals surface area contributed by atoms with Crippen molar-refractivity contribution in [3.05, 3.63) is 76.8 Å². The van der Waals surface area contributed by atoms with Crippen LogP contribution in [0.1, 0.15) is 22.9 Å². The molecular weight excluding hydrogens is 467 g/mol. The van der Waals surface area contributed by atoms with Gasteiger partial charge in [0, 0.05) is 17.6 Å². The number of carbonyl (C=O) groups excluding carboxylic acids is 1. The van der Waals surface area contributed by atoms with E-state index < -0.39 is 13.9 Å². The van der Waals surface area contributed by atoms with E-state index in [4.69, 9.17) is 25.0 Å². The first-order chi connectivity index (χ1) is 15.6. The molecule has 0 aliphatic carbocycles. The Labute approximate surface area is 195 Å². The molecule has 0 saturated carbocycles. The second-order valence-corrected chi connectivity index (χ2v) is 8.91. The number of aromatic nitrogens is 1. The summed E-state index contributed by atoms with van der Waals surface area (Å²) in [7, 11) is -4.64. The van der Waals surface area contributed by atoms with Crippen LogP contribution in [0, 0.1) is 0 Å². The maximum atomic E-state index is 12.0. The molecule has 1 atom stereocenters. The van der Waals surface area contributed by atoms with Crippen molar-refractivity contribution < 1.29 is 29.1 Å². The van der Waals surface area contributed by atoms with Crippen LogP contribution in [-0.4, -0.2) is 43.8 Å². The number of nitrogens with one attached hydrogen (secondary N) is 2. The maximum Gasteiger partial charge on any atom is 0.466 e. The number of rotatable bonds is 9. The van der Waals surface area contributed by atoms with Crippen molar-refractivity contribution in [1.82, 2.24) is 10.3 Å². The van der Waals surface area contributed by atoms with Gasteiger partial charge in [0.25, 0.3) is 0 Å². The summed E-state index contributed by atoms with van der Waals surface area (Å²) in [4.78, 5) is 37.7. The fraction of sp³-hybridized carbons (Fsp3) is 0.238. The topological polar surface area (TPSA) is 178 Å². The number of nitrogens with two attached hydrogens (primary N) is 1. The quantitative estimate of drug-likeness (QED) is 0.173. The smallest absolute Gasteiger partial charge is 0.387 e. The minimum absolute atomic E-state index is 0.116. The molecule has 1 heterocycles. The zero-order valence-electron chi connectivity index (χ0n) is 17.7. The van der Waals surface area contributed by atoms with Gasteiger partial charge in [0.05, 0.1) is 18.2 Å². The molecule has 2 aromatic carbocycles. The Morgan fingerprint density at radius 1 is 1.09 bits per heavy atom. The highest BCUT2D eigenvalue weighted by atomic mass is 32.1. The van der Waals surface area contributed by atoms with Gasteiger partial charge in [-0.15, -0.1) is 11.3 Å². The molecule has 0 unspecified atom stereocenters. The van der Waals surface area contributed by atoms with E-state index in [1.807, 2.05) is 54.6 Å². The van der Waals surface area contributed by atoms with Crippen molar-refractivity contribution in [2.75, 3.05) is 24.1 Å². The zero-order valence-corrected chi connectivity index (χ0v) is 19.4. The number of nitrogen functional groups attached to an aromatic ring is 1. The Hall–Kier alpha value is -2.63. The number of nitrogens with zero attached hydrogens (tertiary/aromatic N) is 1. The number of hydrogen-bond acceptors (Lipinski definition) is 7. The first-order valence-corrected chi connectivity index (χ1v) is 12.4. The molecule has 0 aliphatic heterocycles. The summed E-state index contributed by atoms with van der Waals surface area (Å²) >= 11 is 1.33. The Kier molecular flexibility index (Phi) is 10.6. The molecule has 0 radical (unpaired) electrons. The SMILES string of the molecule is Nc1nc(CC(=O)Nc2ccc(CCNC[C@H](O)c3ccccc3)cc2)cs1.O=P(O)(O)O. The average molecular weight is 495 g/mol. The van der Waals surface area contributed by atoms with E-state index in [-0.39, 0.29) is 12.3 Å². The van der Waals surface area contributed by atoms with Crippen LogP contribution >= 0.6 is 19.2 Å². The van der Waals surface area contributed by atoms with Gasteiger partial charge in [-0.25, -0.2) is 9.55 Å². The number of thiazole rings is 1. The van der Waals surface area contributed by atoms with E-state index in [1.165, 1.54) is 11.3 Å². The Balaban J connectivity index is 0.000000696. The highest BCUT2D eigenvalue weighted by Gasteiger charge is 2.08. The number of aliphatic hydroxyl groups excluding tert-OH is 1. The van der Waals surface area contributed by atoms with Gasteiger partial charge < -0.3 is 36.2 Å². The van der Waals surface area contributed by atoms with Crippen molar-refractivity contribution in [3.8, 4) is 0 Å². The molecule has 1 aromatic heterocycles. The Morgan fingerprint density at radius 2 is 1.73 bits per heavy atom. The number of anilines is 2. The van der Waals surface area contributed by atoms with E-state index in [0.29, 0.717) is 17.4 Å². The Morgan fingerprint density at radius 3 is 2.30 bits per heavy atom. The zero-order chi connectivity index (χ0) is 24.3. The molecule has 0 bridgehead atoms. The van der Waals surface area contributed by atoms with Gasteiger partial charge in [0.2, 0.25) is 5.91 Å². The van der Waals surface area contributed by atoms with Gasteiger partial charge >= 0.3 is 7.82 Å². The van der Waals surface area contributed by atoms with Gasteiger partial charge in [-0.05, 0) is 36.2 Å². The summed E-state index contributed by atoms with van der Waals surface area (Å²) in [5, 5.41) is 18.5. The van der Waals surface area contributed by atoms with Gasteiger partial charge in [-0.3, -0.25) is 4.79 Å². The molecule has 8 N–H and O–H groups in total. The minimum atomic E-state index is -4.64. The van der Waals surface area contributed by atoms with Crippen LogP contribution in [-0.2, 0) is 22.2 Å². The lowest BCUT2D eigenvalue weighted by atomic mass is 10.1. The lowest BCUT2D eigenvalue weighted by molar-refractivity contribution is -0.115. The normalized spacial score (nSPS) is 11.9. The Bertz CT molecular complexity index is 1030. The highest BCUT2D eigenvalue weighted by Crippen LogP contribution is 2.25. The first-order valence-electron chi connectivity index (χ1n) is 9.91. The van der Waals surface area contributed by atoms with Crippen molar-refractivity contribution >= 4 is 35.9 Å². The van der Waals surface area contributed by atoms with Crippen LogP contribution in [0.25, 0.3) is 0 Å². The second-order valence-electron chi connectivity index (χ2n) is 6.99. The largest absolute Gasteiger partial charge is 0.466 e. The average Bonchev–Trinajstić information content (AvgIpc) is 3.16. The van der Waals surface area contributed by atoms with E-state index in [0.717, 1.165) is 29.8 Å². The van der Waals surface area contributed by atoms with Crippen LogP contribution < -0.4 is 16.4 Å². The summed E-state index contributed by atoms with van der Waals surface area (Å²) in [5.41, 5.74) is 9.08. The minimum Gasteiger partial charge on any atom is -0.387 e. The number of phosphoric acid groups is 1. The molecule has 33 heavy (non-hydrogen) atoms. The van der Waals surface area contributed by atoms with Crippen molar-refractivity contribution in [1.29, 1.82) is 0 Å².